The average Bonchev–Trinajstić information content (AvgIpc) is 2.57. The number of amides is 1. The van der Waals surface area contributed by atoms with Crippen molar-refractivity contribution in [2.45, 2.75) is 25.2 Å². The first-order chi connectivity index (χ1) is 11.3. The number of carbonyl (C=O) groups excluding carboxylic acids is 1. The molecule has 2 rings (SSSR count). The Morgan fingerprint density at radius 1 is 1.12 bits per heavy atom. The van der Waals surface area contributed by atoms with Gasteiger partial charge in [0.15, 0.2) is 0 Å². The molecule has 1 amide bonds. The molecule has 0 saturated heterocycles. The van der Waals surface area contributed by atoms with Gasteiger partial charge >= 0.3 is 0 Å². The third-order valence-corrected chi connectivity index (χ3v) is 6.03. The van der Waals surface area contributed by atoms with Gasteiger partial charge in [-0.3, -0.25) is 10.2 Å². The highest BCUT2D eigenvalue weighted by Gasteiger charge is 2.29. The number of rotatable bonds is 5. The number of carbonyl (C=O) groups is 1. The highest BCUT2D eigenvalue weighted by Crippen LogP contribution is 2.33. The Morgan fingerprint density at radius 3 is 2.33 bits per heavy atom. The summed E-state index contributed by atoms with van der Waals surface area (Å²) in [5, 5.41) is 0.386. The fourth-order valence-corrected chi connectivity index (χ4v) is 4.05. The number of hydrogen-bond donors (Lipinski definition) is 1. The predicted molar refractivity (Wildman–Crippen MR) is 95.7 cm³/mol. The lowest BCUT2D eigenvalue weighted by atomic mass is 10.2. The maximum absolute atomic E-state index is 13.1. The fourth-order valence-electron chi connectivity index (χ4n) is 1.95. The highest BCUT2D eigenvalue weighted by molar-refractivity contribution is 7.92. The molecular weight excluding hydrogens is 371 g/mol. The van der Waals surface area contributed by atoms with Gasteiger partial charge in [-0.15, -0.1) is 0 Å². The quantitative estimate of drug-likeness (QED) is 0.791. The van der Waals surface area contributed by atoms with E-state index in [9.17, 15) is 13.2 Å². The summed E-state index contributed by atoms with van der Waals surface area (Å²) < 4.78 is 26.9. The van der Waals surface area contributed by atoms with Crippen molar-refractivity contribution in [3.05, 3.63) is 58.1 Å². The number of para-hydroxylation sites is 1. The van der Waals surface area contributed by atoms with Crippen molar-refractivity contribution < 1.29 is 13.2 Å². The van der Waals surface area contributed by atoms with Crippen molar-refractivity contribution in [1.82, 2.24) is 5.43 Å². The molecule has 0 heterocycles. The first kappa shape index (κ1) is 18.6. The van der Waals surface area contributed by atoms with Crippen LogP contribution in [0.4, 0.5) is 5.69 Å². The molecule has 0 aliphatic heterocycles. The lowest BCUT2D eigenvalue weighted by Gasteiger charge is -2.25. The molecule has 0 aliphatic carbocycles. The van der Waals surface area contributed by atoms with E-state index in [0.717, 1.165) is 4.41 Å². The van der Waals surface area contributed by atoms with Gasteiger partial charge in [0.25, 0.3) is 10.0 Å². The highest BCUT2D eigenvalue weighted by atomic mass is 35.5. The Kier molecular flexibility index (Phi) is 5.74. The molecular formula is C16H16Cl2N2O3S. The van der Waals surface area contributed by atoms with E-state index in [-0.39, 0.29) is 16.3 Å². The van der Waals surface area contributed by atoms with Gasteiger partial charge in [-0.2, -0.15) is 12.8 Å². The number of halogens is 2. The second-order valence-electron chi connectivity index (χ2n) is 4.98. The summed E-state index contributed by atoms with van der Waals surface area (Å²) >= 11 is 12.2. The minimum atomic E-state index is -4.12. The van der Waals surface area contributed by atoms with Crippen LogP contribution >= 0.6 is 23.2 Å². The molecule has 0 unspecified atom stereocenters. The Bertz CT molecular complexity index is 855. The SMILES string of the molecule is CCC(=O)NN(c1ccccc1)S(=O)(=O)c1ccc(Cl)c(C)c1Cl. The van der Waals surface area contributed by atoms with Crippen LogP contribution in [0.5, 0.6) is 0 Å². The zero-order valence-corrected chi connectivity index (χ0v) is 15.4. The molecule has 5 nitrogen and oxygen atoms in total. The minimum absolute atomic E-state index is 0.0224. The average molecular weight is 387 g/mol. The third-order valence-electron chi connectivity index (χ3n) is 3.34. The van der Waals surface area contributed by atoms with E-state index in [1.807, 2.05) is 0 Å². The Hall–Kier alpha value is -1.76. The van der Waals surface area contributed by atoms with Gasteiger partial charge in [0.2, 0.25) is 5.91 Å². The van der Waals surface area contributed by atoms with Crippen LogP contribution in [-0.4, -0.2) is 14.3 Å². The molecule has 8 heteroatoms. The molecule has 0 saturated carbocycles. The van der Waals surface area contributed by atoms with Gasteiger partial charge in [0.1, 0.15) is 4.90 Å². The zero-order chi connectivity index (χ0) is 17.9. The molecule has 0 aliphatic rings. The van der Waals surface area contributed by atoms with Crippen molar-refractivity contribution in [3.8, 4) is 0 Å². The smallest absolute Gasteiger partial charge is 0.273 e. The number of nitrogens with zero attached hydrogens (tertiary/aromatic N) is 1. The Morgan fingerprint density at radius 2 is 1.75 bits per heavy atom. The van der Waals surface area contributed by atoms with Crippen molar-refractivity contribution in [1.29, 1.82) is 0 Å². The third kappa shape index (κ3) is 3.66. The summed E-state index contributed by atoms with van der Waals surface area (Å²) in [6.45, 7) is 3.26. The monoisotopic (exact) mass is 386 g/mol. The van der Waals surface area contributed by atoms with E-state index in [1.165, 1.54) is 12.1 Å². The van der Waals surface area contributed by atoms with Crippen LogP contribution in [0, 0.1) is 6.92 Å². The Labute approximate surface area is 151 Å². The van der Waals surface area contributed by atoms with Crippen LogP contribution in [0.1, 0.15) is 18.9 Å². The van der Waals surface area contributed by atoms with Crippen LogP contribution in [0.25, 0.3) is 0 Å². The van der Waals surface area contributed by atoms with Crippen molar-refractivity contribution in [3.63, 3.8) is 0 Å². The van der Waals surface area contributed by atoms with Gasteiger partial charge < -0.3 is 0 Å². The molecule has 2 aromatic carbocycles. The fraction of sp³-hybridized carbons (Fsp3) is 0.188. The second-order valence-corrected chi connectivity index (χ2v) is 7.52. The zero-order valence-electron chi connectivity index (χ0n) is 13.1. The van der Waals surface area contributed by atoms with Crippen molar-refractivity contribution in [2.75, 3.05) is 4.41 Å². The van der Waals surface area contributed by atoms with E-state index in [0.29, 0.717) is 16.3 Å². The van der Waals surface area contributed by atoms with E-state index >= 15 is 0 Å². The maximum atomic E-state index is 13.1. The normalized spacial score (nSPS) is 11.2. The number of benzene rings is 2. The molecule has 0 spiro atoms. The van der Waals surface area contributed by atoms with Gasteiger partial charge in [0, 0.05) is 11.4 Å². The second kappa shape index (κ2) is 7.42. The van der Waals surface area contributed by atoms with Crippen LogP contribution in [0.15, 0.2) is 47.4 Å². The summed E-state index contributed by atoms with van der Waals surface area (Å²) in [6, 6.07) is 11.0. The molecule has 0 atom stereocenters. The van der Waals surface area contributed by atoms with Gasteiger partial charge in [0.05, 0.1) is 10.7 Å². The van der Waals surface area contributed by atoms with Crippen molar-refractivity contribution >= 4 is 44.8 Å². The number of nitrogens with one attached hydrogen (secondary N) is 1. The van der Waals surface area contributed by atoms with E-state index in [2.05, 4.69) is 5.43 Å². The van der Waals surface area contributed by atoms with Crippen LogP contribution in [0.3, 0.4) is 0 Å². The number of hydrazine groups is 1. The molecule has 0 radical (unpaired) electrons. The molecule has 0 fully saturated rings. The van der Waals surface area contributed by atoms with Crippen LogP contribution in [-0.2, 0) is 14.8 Å². The number of hydrogen-bond acceptors (Lipinski definition) is 3. The molecule has 2 aromatic rings. The lowest BCUT2D eigenvalue weighted by molar-refractivity contribution is -0.120. The molecule has 0 bridgehead atoms. The van der Waals surface area contributed by atoms with Gasteiger partial charge in [-0.1, -0.05) is 48.3 Å². The van der Waals surface area contributed by atoms with E-state index in [4.69, 9.17) is 23.2 Å². The topological polar surface area (TPSA) is 66.5 Å². The van der Waals surface area contributed by atoms with Crippen LogP contribution < -0.4 is 9.84 Å². The molecule has 24 heavy (non-hydrogen) atoms. The lowest BCUT2D eigenvalue weighted by Crippen LogP contribution is -2.46. The standard InChI is InChI=1S/C16H16Cl2N2O3S/c1-3-15(21)19-20(12-7-5-4-6-8-12)24(22,23)14-10-9-13(17)11(2)16(14)18/h4-10H,3H2,1-2H3,(H,19,21). The number of anilines is 1. The van der Waals surface area contributed by atoms with Crippen LogP contribution in [0.2, 0.25) is 10.0 Å². The van der Waals surface area contributed by atoms with E-state index < -0.39 is 15.9 Å². The summed E-state index contributed by atoms with van der Waals surface area (Å²) in [7, 11) is -4.12. The Balaban J connectivity index is 2.60. The first-order valence-electron chi connectivity index (χ1n) is 7.13. The molecule has 1 N–H and O–H groups in total. The first-order valence-corrected chi connectivity index (χ1v) is 9.33. The predicted octanol–water partition coefficient (Wildman–Crippen LogP) is 3.94. The van der Waals surface area contributed by atoms with E-state index in [1.54, 1.807) is 44.2 Å². The van der Waals surface area contributed by atoms with Crippen molar-refractivity contribution in [2.24, 2.45) is 0 Å². The summed E-state index contributed by atoms with van der Waals surface area (Å²) in [5.41, 5.74) is 3.15. The molecule has 0 aromatic heterocycles. The molecule has 128 valence electrons. The van der Waals surface area contributed by atoms with Gasteiger partial charge in [-0.05, 0) is 36.8 Å². The summed E-state index contributed by atoms with van der Waals surface area (Å²) in [4.78, 5) is 11.7. The number of sulfonamides is 1. The largest absolute Gasteiger partial charge is 0.283 e. The maximum Gasteiger partial charge on any atom is 0.283 e. The summed E-state index contributed by atoms with van der Waals surface area (Å²) in [6.07, 6.45) is 0.131. The summed E-state index contributed by atoms with van der Waals surface area (Å²) in [5.74, 6) is -0.441. The minimum Gasteiger partial charge on any atom is -0.273 e. The van der Waals surface area contributed by atoms with Gasteiger partial charge in [-0.25, -0.2) is 0 Å².